The highest BCUT2D eigenvalue weighted by molar-refractivity contribution is 5.98. The van der Waals surface area contributed by atoms with Gasteiger partial charge in [-0.05, 0) is 31.9 Å². The minimum Gasteiger partial charge on any atom is -0.373 e. The highest BCUT2D eigenvalue weighted by Gasteiger charge is 2.11. The Morgan fingerprint density at radius 3 is 2.41 bits per heavy atom. The van der Waals surface area contributed by atoms with Gasteiger partial charge in [-0.15, -0.1) is 0 Å². The van der Waals surface area contributed by atoms with Gasteiger partial charge in [-0.1, -0.05) is 13.5 Å². The fourth-order valence-corrected chi connectivity index (χ4v) is 1.50. The van der Waals surface area contributed by atoms with E-state index >= 15 is 0 Å². The van der Waals surface area contributed by atoms with Crippen molar-refractivity contribution in [3.63, 3.8) is 0 Å². The highest BCUT2D eigenvalue weighted by atomic mass is 16.1. The lowest BCUT2D eigenvalue weighted by atomic mass is 9.97. The molecule has 0 heterocycles. The van der Waals surface area contributed by atoms with E-state index in [4.69, 9.17) is 0 Å². The third kappa shape index (κ3) is 4.55. The number of rotatable bonds is 7. The number of carbonyl (C=O) groups excluding carboxylic acids is 1. The maximum atomic E-state index is 10.9. The van der Waals surface area contributed by atoms with Crippen LogP contribution in [0.25, 0.3) is 0 Å². The monoisotopic (exact) mass is 236 g/mol. The minimum absolute atomic E-state index is 0.0973. The Balaban J connectivity index is 5.17. The van der Waals surface area contributed by atoms with Gasteiger partial charge in [-0.3, -0.25) is 4.99 Å². The molecule has 0 aliphatic carbocycles. The number of allylic oxidation sites excluding steroid dienone is 3. The first-order valence-electron chi connectivity index (χ1n) is 6.02. The molecule has 0 rings (SSSR count). The van der Waals surface area contributed by atoms with Crippen molar-refractivity contribution in [2.45, 2.75) is 27.2 Å². The number of aliphatic imine (C=N–C) groups is 1. The summed E-state index contributed by atoms with van der Waals surface area (Å²) >= 11 is 0. The largest absolute Gasteiger partial charge is 0.373 e. The molecule has 0 aromatic rings. The molecule has 0 aliphatic heterocycles. The molecule has 3 heteroatoms. The summed E-state index contributed by atoms with van der Waals surface area (Å²) in [5.41, 5.74) is 2.83. The second-order valence-corrected chi connectivity index (χ2v) is 4.08. The Labute approximate surface area is 105 Å². The fraction of sp³-hybridized carbons (Fsp3) is 0.571. The maximum absolute atomic E-state index is 10.9. The zero-order chi connectivity index (χ0) is 13.4. The third-order valence-electron chi connectivity index (χ3n) is 2.99. The summed E-state index contributed by atoms with van der Waals surface area (Å²) in [6.45, 7) is 10.9. The average molecular weight is 236 g/mol. The quantitative estimate of drug-likeness (QED) is 0.387. The van der Waals surface area contributed by atoms with Gasteiger partial charge in [0.2, 0.25) is 0 Å². The maximum Gasteiger partial charge on any atom is 0.127 e. The van der Waals surface area contributed by atoms with E-state index in [1.165, 1.54) is 0 Å². The van der Waals surface area contributed by atoms with Crippen LogP contribution < -0.4 is 0 Å². The molecule has 0 bridgehead atoms. The minimum atomic E-state index is -0.0973. The number of aldehydes is 1. The lowest BCUT2D eigenvalue weighted by Crippen LogP contribution is -2.22. The Bertz CT molecular complexity index is 329. The van der Waals surface area contributed by atoms with Gasteiger partial charge in [0.05, 0.1) is 11.4 Å². The number of hydrogen-bond donors (Lipinski definition) is 0. The number of nitrogens with zero attached hydrogens (tertiary/aromatic N) is 2. The lowest BCUT2D eigenvalue weighted by molar-refractivity contribution is -0.110. The summed E-state index contributed by atoms with van der Waals surface area (Å²) in [6, 6.07) is 0. The smallest absolute Gasteiger partial charge is 0.127 e. The summed E-state index contributed by atoms with van der Waals surface area (Å²) in [5, 5.41) is 0. The molecule has 0 saturated carbocycles. The summed E-state index contributed by atoms with van der Waals surface area (Å²) in [6.07, 6.45) is 3.71. The molecule has 0 amide bonds. The molecule has 96 valence electrons. The SMILES string of the molecule is C=C(/C=C(/C(C)=NC)N(C)CC)C(C=O)CC. The molecule has 1 atom stereocenters. The summed E-state index contributed by atoms with van der Waals surface area (Å²) in [7, 11) is 3.78. The number of carbonyl (C=O) groups is 1. The first-order chi connectivity index (χ1) is 8.01. The van der Waals surface area contributed by atoms with Gasteiger partial charge in [0.1, 0.15) is 6.29 Å². The molecule has 0 fully saturated rings. The van der Waals surface area contributed by atoms with Crippen molar-refractivity contribution in [3.8, 4) is 0 Å². The third-order valence-corrected chi connectivity index (χ3v) is 2.99. The average Bonchev–Trinajstić information content (AvgIpc) is 2.35. The van der Waals surface area contributed by atoms with Crippen LogP contribution in [-0.4, -0.2) is 37.5 Å². The molecule has 0 N–H and O–H groups in total. The summed E-state index contributed by atoms with van der Waals surface area (Å²) in [5.74, 6) is -0.0973. The van der Waals surface area contributed by atoms with Crippen LogP contribution in [0.1, 0.15) is 27.2 Å². The van der Waals surface area contributed by atoms with Crippen molar-refractivity contribution < 1.29 is 4.79 Å². The molecule has 0 aromatic carbocycles. The van der Waals surface area contributed by atoms with E-state index in [0.717, 1.165) is 36.2 Å². The van der Waals surface area contributed by atoms with Crippen LogP contribution in [0.15, 0.2) is 28.9 Å². The van der Waals surface area contributed by atoms with Gasteiger partial charge in [-0.2, -0.15) is 0 Å². The topological polar surface area (TPSA) is 32.7 Å². The summed E-state index contributed by atoms with van der Waals surface area (Å²) in [4.78, 5) is 17.2. The van der Waals surface area contributed by atoms with Crippen molar-refractivity contribution in [1.82, 2.24) is 4.90 Å². The predicted octanol–water partition coefficient (Wildman–Crippen LogP) is 2.69. The molecular weight excluding hydrogens is 212 g/mol. The van der Waals surface area contributed by atoms with Crippen LogP contribution in [0.3, 0.4) is 0 Å². The predicted molar refractivity (Wildman–Crippen MR) is 74.4 cm³/mol. The molecular formula is C14H24N2O. The first kappa shape index (κ1) is 15.6. The standard InChI is InChI=1S/C14H24N2O/c1-7-13(10-17)11(3)9-14(12(4)15-5)16(6)8-2/h9-10,13H,3,7-8H2,1-2,4-6H3/b14-9-,15-12?. The van der Waals surface area contributed by atoms with E-state index in [-0.39, 0.29) is 5.92 Å². The van der Waals surface area contributed by atoms with Crippen molar-refractivity contribution in [2.75, 3.05) is 20.6 Å². The molecule has 0 aliphatic rings. The van der Waals surface area contributed by atoms with Crippen LogP contribution in [-0.2, 0) is 4.79 Å². The van der Waals surface area contributed by atoms with E-state index in [0.29, 0.717) is 0 Å². The Morgan fingerprint density at radius 2 is 2.06 bits per heavy atom. The van der Waals surface area contributed by atoms with Crippen LogP contribution in [0, 0.1) is 5.92 Å². The molecule has 17 heavy (non-hydrogen) atoms. The van der Waals surface area contributed by atoms with Gasteiger partial charge in [0, 0.05) is 26.6 Å². The van der Waals surface area contributed by atoms with Gasteiger partial charge in [0.25, 0.3) is 0 Å². The zero-order valence-electron chi connectivity index (χ0n) is 11.7. The molecule has 0 spiro atoms. The fourth-order valence-electron chi connectivity index (χ4n) is 1.50. The van der Waals surface area contributed by atoms with Gasteiger partial charge in [-0.25, -0.2) is 0 Å². The first-order valence-corrected chi connectivity index (χ1v) is 6.02. The van der Waals surface area contributed by atoms with Crippen LogP contribution in [0.5, 0.6) is 0 Å². The second kappa shape index (κ2) is 7.82. The van der Waals surface area contributed by atoms with Gasteiger partial charge < -0.3 is 9.69 Å². The van der Waals surface area contributed by atoms with Gasteiger partial charge >= 0.3 is 0 Å². The lowest BCUT2D eigenvalue weighted by Gasteiger charge is -2.22. The van der Waals surface area contributed by atoms with Crippen LogP contribution in [0.2, 0.25) is 0 Å². The van der Waals surface area contributed by atoms with Crippen molar-refractivity contribution in [2.24, 2.45) is 10.9 Å². The Morgan fingerprint density at radius 1 is 1.47 bits per heavy atom. The molecule has 0 aromatic heterocycles. The van der Waals surface area contributed by atoms with E-state index < -0.39 is 0 Å². The van der Waals surface area contributed by atoms with Crippen LogP contribution in [0.4, 0.5) is 0 Å². The Hall–Kier alpha value is -1.38. The van der Waals surface area contributed by atoms with E-state index in [9.17, 15) is 4.79 Å². The second-order valence-electron chi connectivity index (χ2n) is 4.08. The van der Waals surface area contributed by atoms with E-state index in [2.05, 4.69) is 23.4 Å². The van der Waals surface area contributed by atoms with Crippen molar-refractivity contribution in [3.05, 3.63) is 23.9 Å². The molecule has 3 nitrogen and oxygen atoms in total. The summed E-state index contributed by atoms with van der Waals surface area (Å²) < 4.78 is 0. The van der Waals surface area contributed by atoms with Crippen molar-refractivity contribution >= 4 is 12.0 Å². The zero-order valence-corrected chi connectivity index (χ0v) is 11.7. The van der Waals surface area contributed by atoms with Crippen LogP contribution >= 0.6 is 0 Å². The normalized spacial score (nSPS) is 14.4. The highest BCUT2D eigenvalue weighted by Crippen LogP contribution is 2.16. The Kier molecular flexibility index (Phi) is 7.19. The number of hydrogen-bond acceptors (Lipinski definition) is 3. The van der Waals surface area contributed by atoms with Gasteiger partial charge in [0.15, 0.2) is 0 Å². The van der Waals surface area contributed by atoms with E-state index in [1.807, 2.05) is 27.0 Å². The molecule has 1 unspecified atom stereocenters. The molecule has 0 saturated heterocycles. The van der Waals surface area contributed by atoms with E-state index in [1.54, 1.807) is 7.05 Å². The van der Waals surface area contributed by atoms with Crippen molar-refractivity contribution in [1.29, 1.82) is 0 Å². The molecule has 0 radical (unpaired) electrons.